The molecule has 0 fully saturated rings. The van der Waals surface area contributed by atoms with Gasteiger partial charge in [-0.2, -0.15) is 0 Å². The van der Waals surface area contributed by atoms with Gasteiger partial charge in [-0.05, 0) is 30.3 Å². The molecule has 8 heteroatoms. The smallest absolute Gasteiger partial charge is 0.306 e. The summed E-state index contributed by atoms with van der Waals surface area (Å²) in [5.74, 6) is -3.37. The number of hydrogen-bond acceptors (Lipinski definition) is 2. The van der Waals surface area contributed by atoms with E-state index in [4.69, 9.17) is 23.2 Å². The van der Waals surface area contributed by atoms with E-state index in [9.17, 15) is 18.4 Å². The topological polar surface area (TPSA) is 58.2 Å². The van der Waals surface area contributed by atoms with Crippen molar-refractivity contribution < 1.29 is 18.4 Å². The van der Waals surface area contributed by atoms with E-state index in [1.54, 1.807) is 5.32 Å². The molecule has 0 saturated carbocycles. The van der Waals surface area contributed by atoms with Gasteiger partial charge in [0.2, 0.25) is 0 Å². The number of rotatable bonds is 2. The highest BCUT2D eigenvalue weighted by molar-refractivity contribution is 6.35. The fourth-order valence-electron chi connectivity index (χ4n) is 1.63. The predicted octanol–water partition coefficient (Wildman–Crippen LogP) is 4.23. The summed E-state index contributed by atoms with van der Waals surface area (Å²) in [4.78, 5) is 23.4. The first kappa shape index (κ1) is 16.2. The molecule has 0 spiro atoms. The lowest BCUT2D eigenvalue weighted by molar-refractivity contribution is 0.0959. The molecule has 0 bridgehead atoms. The first-order chi connectivity index (χ1) is 10.4. The zero-order valence-electron chi connectivity index (χ0n) is 10.8. The highest BCUT2D eigenvalue weighted by Gasteiger charge is 2.19. The fourth-order valence-corrected chi connectivity index (χ4v) is 1.96. The van der Waals surface area contributed by atoms with E-state index < -0.39 is 29.1 Å². The molecule has 4 nitrogen and oxygen atoms in total. The molecule has 0 radical (unpaired) electrons. The van der Waals surface area contributed by atoms with Crippen LogP contribution in [0.3, 0.4) is 0 Å². The lowest BCUT2D eigenvalue weighted by Gasteiger charge is -2.09. The van der Waals surface area contributed by atoms with Crippen LogP contribution < -0.4 is 10.6 Å². The monoisotopic (exact) mass is 344 g/mol. The first-order valence-corrected chi connectivity index (χ1v) is 6.65. The van der Waals surface area contributed by atoms with E-state index in [0.717, 1.165) is 18.2 Å². The van der Waals surface area contributed by atoms with Crippen LogP contribution in [0.2, 0.25) is 10.0 Å². The van der Waals surface area contributed by atoms with Crippen molar-refractivity contribution in [3.63, 3.8) is 0 Å². The van der Waals surface area contributed by atoms with Crippen LogP contribution in [0, 0.1) is 11.6 Å². The first-order valence-electron chi connectivity index (χ1n) is 5.90. The Morgan fingerprint density at radius 2 is 1.64 bits per heavy atom. The molecule has 2 aromatic rings. The fraction of sp³-hybridized carbons (Fsp3) is 0. The number of carbonyl (C=O) groups is 2. The van der Waals surface area contributed by atoms with Crippen molar-refractivity contribution in [3.8, 4) is 0 Å². The third kappa shape index (κ3) is 3.72. The summed E-state index contributed by atoms with van der Waals surface area (Å²) >= 11 is 11.6. The summed E-state index contributed by atoms with van der Waals surface area (Å²) in [7, 11) is 0. The molecule has 0 aliphatic heterocycles. The third-order valence-corrected chi connectivity index (χ3v) is 3.16. The molecule has 2 N–H and O–H groups in total. The van der Waals surface area contributed by atoms with Crippen LogP contribution in [-0.4, -0.2) is 11.9 Å². The van der Waals surface area contributed by atoms with E-state index in [1.807, 2.05) is 0 Å². The van der Waals surface area contributed by atoms with E-state index in [0.29, 0.717) is 5.02 Å². The van der Waals surface area contributed by atoms with Crippen LogP contribution in [0.1, 0.15) is 10.4 Å². The quantitative estimate of drug-likeness (QED) is 0.856. The maximum atomic E-state index is 13.4. The molecule has 0 unspecified atom stereocenters. The third-order valence-electron chi connectivity index (χ3n) is 2.59. The Morgan fingerprint density at radius 3 is 2.27 bits per heavy atom. The number of benzene rings is 2. The van der Waals surface area contributed by atoms with E-state index >= 15 is 0 Å². The minimum absolute atomic E-state index is 0.147. The Balaban J connectivity index is 2.12. The molecule has 3 amide bonds. The number of imide groups is 1. The summed E-state index contributed by atoms with van der Waals surface area (Å²) in [5.41, 5.74) is -0.705. The summed E-state index contributed by atoms with van der Waals surface area (Å²) < 4.78 is 26.8. The van der Waals surface area contributed by atoms with Crippen molar-refractivity contribution >= 4 is 40.8 Å². The van der Waals surface area contributed by atoms with Crippen molar-refractivity contribution in [3.05, 3.63) is 63.6 Å². The van der Waals surface area contributed by atoms with Gasteiger partial charge < -0.3 is 5.32 Å². The minimum Gasteiger partial charge on any atom is -0.306 e. The molecule has 2 rings (SSSR count). The normalized spacial score (nSPS) is 10.2. The van der Waals surface area contributed by atoms with Crippen LogP contribution in [0.25, 0.3) is 0 Å². The van der Waals surface area contributed by atoms with Gasteiger partial charge in [-0.15, -0.1) is 0 Å². The van der Waals surface area contributed by atoms with Crippen LogP contribution in [-0.2, 0) is 0 Å². The Morgan fingerprint density at radius 1 is 1.00 bits per heavy atom. The maximum Gasteiger partial charge on any atom is 0.326 e. The largest absolute Gasteiger partial charge is 0.326 e. The Labute approximate surface area is 134 Å². The molecule has 0 aromatic heterocycles. The second kappa shape index (κ2) is 6.72. The zero-order valence-corrected chi connectivity index (χ0v) is 12.3. The number of carbonyl (C=O) groups excluding carboxylic acids is 2. The van der Waals surface area contributed by atoms with Gasteiger partial charge in [0, 0.05) is 5.02 Å². The van der Waals surface area contributed by atoms with Gasteiger partial charge in [-0.25, -0.2) is 13.6 Å². The van der Waals surface area contributed by atoms with Gasteiger partial charge in [0.25, 0.3) is 5.91 Å². The van der Waals surface area contributed by atoms with Gasteiger partial charge in [0.15, 0.2) is 0 Å². The molecule has 22 heavy (non-hydrogen) atoms. The van der Waals surface area contributed by atoms with Crippen LogP contribution >= 0.6 is 23.2 Å². The SMILES string of the molecule is O=C(NC(=O)c1c(F)cccc1F)Nc1cc(Cl)ccc1Cl. The zero-order chi connectivity index (χ0) is 16.3. The van der Waals surface area contributed by atoms with Gasteiger partial charge in [-0.3, -0.25) is 10.1 Å². The van der Waals surface area contributed by atoms with Crippen molar-refractivity contribution in [1.82, 2.24) is 5.32 Å². The van der Waals surface area contributed by atoms with Crippen LogP contribution in [0.4, 0.5) is 19.3 Å². The van der Waals surface area contributed by atoms with Gasteiger partial charge in [-0.1, -0.05) is 29.3 Å². The van der Waals surface area contributed by atoms with Crippen molar-refractivity contribution in [1.29, 1.82) is 0 Å². The van der Waals surface area contributed by atoms with Crippen molar-refractivity contribution in [2.24, 2.45) is 0 Å². The second-order valence-electron chi connectivity index (χ2n) is 4.13. The highest BCUT2D eigenvalue weighted by Crippen LogP contribution is 2.25. The average Bonchev–Trinajstić information content (AvgIpc) is 2.42. The second-order valence-corrected chi connectivity index (χ2v) is 4.97. The lowest BCUT2D eigenvalue weighted by atomic mass is 10.2. The number of anilines is 1. The van der Waals surface area contributed by atoms with Crippen molar-refractivity contribution in [2.75, 3.05) is 5.32 Å². The maximum absolute atomic E-state index is 13.4. The molecule has 0 saturated heterocycles. The summed E-state index contributed by atoms with van der Waals surface area (Å²) in [6, 6.07) is 6.22. The standard InChI is InChI=1S/C14H8Cl2F2N2O2/c15-7-4-5-8(16)11(6-7)19-14(22)20-13(21)12-9(17)2-1-3-10(12)18/h1-6H,(H2,19,20,21,22). The van der Waals surface area contributed by atoms with Crippen LogP contribution in [0.5, 0.6) is 0 Å². The van der Waals surface area contributed by atoms with E-state index in [-0.39, 0.29) is 10.7 Å². The Kier molecular flexibility index (Phi) is 4.95. The lowest BCUT2D eigenvalue weighted by Crippen LogP contribution is -2.35. The number of halogens is 4. The molecule has 0 atom stereocenters. The van der Waals surface area contributed by atoms with E-state index in [1.165, 1.54) is 18.2 Å². The molecule has 0 aliphatic rings. The predicted molar refractivity (Wildman–Crippen MR) is 79.3 cm³/mol. The van der Waals surface area contributed by atoms with Crippen LogP contribution in [0.15, 0.2) is 36.4 Å². The van der Waals surface area contributed by atoms with Gasteiger partial charge in [0.05, 0.1) is 10.7 Å². The number of urea groups is 1. The Bertz CT molecular complexity index is 733. The van der Waals surface area contributed by atoms with Crippen molar-refractivity contribution in [2.45, 2.75) is 0 Å². The molecule has 0 aliphatic carbocycles. The summed E-state index contributed by atoms with van der Waals surface area (Å²) in [6.45, 7) is 0. The number of hydrogen-bond donors (Lipinski definition) is 2. The number of amides is 3. The van der Waals surface area contributed by atoms with Gasteiger partial charge in [0.1, 0.15) is 17.2 Å². The Hall–Kier alpha value is -2.18. The molecule has 0 heterocycles. The molecular formula is C14H8Cl2F2N2O2. The molecule has 114 valence electrons. The number of nitrogens with one attached hydrogen (secondary N) is 2. The molecular weight excluding hydrogens is 337 g/mol. The molecule has 2 aromatic carbocycles. The highest BCUT2D eigenvalue weighted by atomic mass is 35.5. The summed E-state index contributed by atoms with van der Waals surface area (Å²) in [6.07, 6.45) is 0. The minimum atomic E-state index is -1.22. The average molecular weight is 345 g/mol. The van der Waals surface area contributed by atoms with Gasteiger partial charge >= 0.3 is 6.03 Å². The van der Waals surface area contributed by atoms with E-state index in [2.05, 4.69) is 5.32 Å². The summed E-state index contributed by atoms with van der Waals surface area (Å²) in [5, 5.41) is 4.56.